The molecule has 0 saturated heterocycles. The monoisotopic (exact) mass is 166 g/mol. The first-order chi connectivity index (χ1) is 5.77. The van der Waals surface area contributed by atoms with Crippen LogP contribution in [-0.4, -0.2) is 23.5 Å². The van der Waals surface area contributed by atoms with E-state index in [-0.39, 0.29) is 0 Å². The van der Waals surface area contributed by atoms with Crippen molar-refractivity contribution in [2.75, 3.05) is 13.7 Å². The SMILES string of the molecule is CC/C=C(/CC)N1C=CN(C)C1. The van der Waals surface area contributed by atoms with Gasteiger partial charge in [-0.1, -0.05) is 19.9 Å². The van der Waals surface area contributed by atoms with Crippen LogP contribution in [0.1, 0.15) is 26.7 Å². The molecule has 0 aromatic rings. The van der Waals surface area contributed by atoms with E-state index in [2.05, 4.69) is 49.2 Å². The highest BCUT2D eigenvalue weighted by molar-refractivity contribution is 5.07. The number of allylic oxidation sites excluding steroid dienone is 2. The molecule has 0 saturated carbocycles. The fraction of sp³-hybridized carbons (Fsp3) is 0.600. The molecule has 1 heterocycles. The minimum Gasteiger partial charge on any atom is -0.361 e. The molecule has 12 heavy (non-hydrogen) atoms. The molecule has 0 amide bonds. The summed E-state index contributed by atoms with van der Waals surface area (Å²) >= 11 is 0. The third kappa shape index (κ3) is 2.03. The molecule has 0 unspecified atom stereocenters. The van der Waals surface area contributed by atoms with Crippen molar-refractivity contribution < 1.29 is 0 Å². The van der Waals surface area contributed by atoms with Crippen LogP contribution in [0.25, 0.3) is 0 Å². The summed E-state index contributed by atoms with van der Waals surface area (Å²) < 4.78 is 0. The lowest BCUT2D eigenvalue weighted by molar-refractivity contribution is 0.339. The predicted molar refractivity (Wildman–Crippen MR) is 52.3 cm³/mol. The molecule has 0 fully saturated rings. The molecular weight excluding hydrogens is 148 g/mol. The first-order valence-corrected chi connectivity index (χ1v) is 4.62. The second-order valence-corrected chi connectivity index (χ2v) is 3.12. The van der Waals surface area contributed by atoms with Crippen LogP contribution in [0.3, 0.4) is 0 Å². The summed E-state index contributed by atoms with van der Waals surface area (Å²) in [6.07, 6.45) is 8.79. The Hall–Kier alpha value is -0.920. The molecule has 0 radical (unpaired) electrons. The Morgan fingerprint density at radius 3 is 2.58 bits per heavy atom. The van der Waals surface area contributed by atoms with Gasteiger partial charge in [-0.15, -0.1) is 0 Å². The summed E-state index contributed by atoms with van der Waals surface area (Å²) in [5.74, 6) is 0. The predicted octanol–water partition coefficient (Wildman–Crippen LogP) is 2.37. The molecule has 0 aliphatic carbocycles. The second kappa shape index (κ2) is 4.19. The Bertz CT molecular complexity index is 194. The van der Waals surface area contributed by atoms with Crippen LogP contribution < -0.4 is 0 Å². The molecule has 0 bridgehead atoms. The summed E-state index contributed by atoms with van der Waals surface area (Å²) in [5, 5.41) is 0. The quantitative estimate of drug-likeness (QED) is 0.635. The molecule has 1 aliphatic rings. The average Bonchev–Trinajstić information content (AvgIpc) is 2.47. The molecule has 0 aromatic heterocycles. The highest BCUT2D eigenvalue weighted by atomic mass is 15.3. The van der Waals surface area contributed by atoms with Gasteiger partial charge in [0, 0.05) is 25.1 Å². The molecule has 0 N–H and O–H groups in total. The average molecular weight is 166 g/mol. The highest BCUT2D eigenvalue weighted by Crippen LogP contribution is 2.15. The van der Waals surface area contributed by atoms with Gasteiger partial charge in [-0.3, -0.25) is 0 Å². The van der Waals surface area contributed by atoms with Crippen LogP contribution in [0.2, 0.25) is 0 Å². The Labute approximate surface area is 75.2 Å². The van der Waals surface area contributed by atoms with E-state index in [1.807, 2.05) is 0 Å². The Morgan fingerprint density at radius 1 is 1.42 bits per heavy atom. The van der Waals surface area contributed by atoms with Gasteiger partial charge in [0.1, 0.15) is 0 Å². The van der Waals surface area contributed by atoms with Gasteiger partial charge >= 0.3 is 0 Å². The van der Waals surface area contributed by atoms with Crippen molar-refractivity contribution in [1.82, 2.24) is 9.80 Å². The van der Waals surface area contributed by atoms with Gasteiger partial charge in [-0.05, 0) is 12.8 Å². The minimum absolute atomic E-state index is 1.000. The van der Waals surface area contributed by atoms with E-state index < -0.39 is 0 Å². The van der Waals surface area contributed by atoms with E-state index in [4.69, 9.17) is 0 Å². The molecular formula is C10H18N2. The van der Waals surface area contributed by atoms with Crippen LogP contribution in [0, 0.1) is 0 Å². The van der Waals surface area contributed by atoms with E-state index >= 15 is 0 Å². The lowest BCUT2D eigenvalue weighted by atomic mass is 10.2. The second-order valence-electron chi connectivity index (χ2n) is 3.12. The van der Waals surface area contributed by atoms with Crippen LogP contribution >= 0.6 is 0 Å². The van der Waals surface area contributed by atoms with Crippen molar-refractivity contribution in [3.05, 3.63) is 24.2 Å². The molecule has 68 valence electrons. The zero-order chi connectivity index (χ0) is 8.97. The first-order valence-electron chi connectivity index (χ1n) is 4.62. The standard InChI is InChI=1S/C10H18N2/c1-4-6-10(5-2)12-8-7-11(3)9-12/h6-8H,4-5,9H2,1-3H3/b10-6-. The maximum absolute atomic E-state index is 2.30. The van der Waals surface area contributed by atoms with Crippen molar-refractivity contribution in [3.8, 4) is 0 Å². The molecule has 2 nitrogen and oxygen atoms in total. The maximum Gasteiger partial charge on any atom is 0.0935 e. The molecule has 1 aliphatic heterocycles. The van der Waals surface area contributed by atoms with Gasteiger partial charge in [-0.2, -0.15) is 0 Å². The van der Waals surface area contributed by atoms with Crippen molar-refractivity contribution in [2.45, 2.75) is 26.7 Å². The normalized spacial score (nSPS) is 17.8. The smallest absolute Gasteiger partial charge is 0.0935 e. The van der Waals surface area contributed by atoms with Gasteiger partial charge in [0.05, 0.1) is 6.67 Å². The molecule has 0 spiro atoms. The lowest BCUT2D eigenvalue weighted by Gasteiger charge is -2.20. The number of nitrogens with zero attached hydrogens (tertiary/aromatic N) is 2. The van der Waals surface area contributed by atoms with Gasteiger partial charge in [0.15, 0.2) is 0 Å². The van der Waals surface area contributed by atoms with E-state index in [0.717, 1.165) is 19.5 Å². The Balaban J connectivity index is 2.57. The third-order valence-corrected chi connectivity index (χ3v) is 2.05. The zero-order valence-corrected chi connectivity index (χ0v) is 8.25. The van der Waals surface area contributed by atoms with Gasteiger partial charge in [0.25, 0.3) is 0 Å². The maximum atomic E-state index is 2.30. The van der Waals surface area contributed by atoms with E-state index in [1.54, 1.807) is 0 Å². The molecule has 2 heteroatoms. The van der Waals surface area contributed by atoms with Crippen molar-refractivity contribution in [3.63, 3.8) is 0 Å². The number of rotatable bonds is 3. The molecule has 0 atom stereocenters. The number of hydrogen-bond acceptors (Lipinski definition) is 2. The Kier molecular flexibility index (Phi) is 3.20. The topological polar surface area (TPSA) is 6.48 Å². The van der Waals surface area contributed by atoms with Gasteiger partial charge < -0.3 is 9.80 Å². The molecule has 1 rings (SSSR count). The lowest BCUT2D eigenvalue weighted by Crippen LogP contribution is -2.21. The van der Waals surface area contributed by atoms with Crippen LogP contribution in [0.4, 0.5) is 0 Å². The Morgan fingerprint density at radius 2 is 2.17 bits per heavy atom. The fourth-order valence-electron chi connectivity index (χ4n) is 1.42. The van der Waals surface area contributed by atoms with Crippen LogP contribution in [0.5, 0.6) is 0 Å². The van der Waals surface area contributed by atoms with E-state index in [0.29, 0.717) is 0 Å². The zero-order valence-electron chi connectivity index (χ0n) is 8.25. The summed E-state index contributed by atoms with van der Waals surface area (Å²) in [6, 6.07) is 0. The van der Waals surface area contributed by atoms with Crippen LogP contribution in [0.15, 0.2) is 24.2 Å². The minimum atomic E-state index is 1.000. The van der Waals surface area contributed by atoms with Crippen molar-refractivity contribution >= 4 is 0 Å². The first kappa shape index (κ1) is 9.17. The largest absolute Gasteiger partial charge is 0.361 e. The summed E-state index contributed by atoms with van der Waals surface area (Å²) in [4.78, 5) is 4.47. The molecule has 0 aromatic carbocycles. The van der Waals surface area contributed by atoms with E-state index in [9.17, 15) is 0 Å². The summed E-state index contributed by atoms with van der Waals surface area (Å²) in [6.45, 7) is 5.38. The number of hydrogen-bond donors (Lipinski definition) is 0. The summed E-state index contributed by atoms with van der Waals surface area (Å²) in [7, 11) is 2.09. The van der Waals surface area contributed by atoms with E-state index in [1.165, 1.54) is 5.70 Å². The van der Waals surface area contributed by atoms with Crippen LogP contribution in [-0.2, 0) is 0 Å². The fourth-order valence-corrected chi connectivity index (χ4v) is 1.42. The van der Waals surface area contributed by atoms with Crippen molar-refractivity contribution in [1.29, 1.82) is 0 Å². The third-order valence-electron chi connectivity index (χ3n) is 2.05. The highest BCUT2D eigenvalue weighted by Gasteiger charge is 2.10. The van der Waals surface area contributed by atoms with Gasteiger partial charge in [-0.25, -0.2) is 0 Å². The summed E-state index contributed by atoms with van der Waals surface area (Å²) in [5.41, 5.74) is 1.43. The van der Waals surface area contributed by atoms with Gasteiger partial charge in [0.2, 0.25) is 0 Å². The van der Waals surface area contributed by atoms with Crippen molar-refractivity contribution in [2.24, 2.45) is 0 Å².